The molecule has 29 heavy (non-hydrogen) atoms. The predicted molar refractivity (Wildman–Crippen MR) is 106 cm³/mol. The summed E-state index contributed by atoms with van der Waals surface area (Å²) < 4.78 is 46.4. The van der Waals surface area contributed by atoms with Crippen LogP contribution >= 0.6 is 0 Å². The zero-order chi connectivity index (χ0) is 20.6. The van der Waals surface area contributed by atoms with Crippen molar-refractivity contribution in [3.63, 3.8) is 0 Å². The van der Waals surface area contributed by atoms with Gasteiger partial charge in [0.15, 0.2) is 5.96 Å². The van der Waals surface area contributed by atoms with E-state index in [2.05, 4.69) is 20.5 Å². The number of hydrogen-bond acceptors (Lipinski definition) is 3. The maximum atomic E-state index is 13.8. The van der Waals surface area contributed by atoms with Crippen LogP contribution < -0.4 is 10.6 Å². The first-order valence-electron chi connectivity index (χ1n) is 9.52. The van der Waals surface area contributed by atoms with Gasteiger partial charge in [-0.15, -0.1) is 0 Å². The SMILES string of the molecule is CN=C(NCc1cc(F)ccc1F)NCC(c1cccc(F)c1)N1CCOCC1. The Kier molecular flexibility index (Phi) is 7.48. The van der Waals surface area contributed by atoms with Crippen LogP contribution in [0.25, 0.3) is 0 Å². The molecule has 1 fully saturated rings. The van der Waals surface area contributed by atoms with Gasteiger partial charge in [-0.25, -0.2) is 13.2 Å². The average Bonchev–Trinajstić information content (AvgIpc) is 2.73. The summed E-state index contributed by atoms with van der Waals surface area (Å²) in [7, 11) is 1.60. The summed E-state index contributed by atoms with van der Waals surface area (Å²) in [6.07, 6.45) is 0. The Labute approximate surface area is 168 Å². The van der Waals surface area contributed by atoms with E-state index in [1.54, 1.807) is 13.1 Å². The lowest BCUT2D eigenvalue weighted by Gasteiger charge is -2.35. The van der Waals surface area contributed by atoms with Crippen molar-refractivity contribution in [1.29, 1.82) is 0 Å². The van der Waals surface area contributed by atoms with Crippen LogP contribution in [-0.4, -0.2) is 50.8 Å². The van der Waals surface area contributed by atoms with Crippen LogP contribution in [0, 0.1) is 17.5 Å². The number of ether oxygens (including phenoxy) is 1. The molecule has 0 spiro atoms. The van der Waals surface area contributed by atoms with Crippen LogP contribution in [0.3, 0.4) is 0 Å². The Morgan fingerprint density at radius 1 is 1.07 bits per heavy atom. The Hall–Kier alpha value is -2.58. The van der Waals surface area contributed by atoms with Gasteiger partial charge < -0.3 is 15.4 Å². The van der Waals surface area contributed by atoms with E-state index in [0.717, 1.165) is 36.9 Å². The molecule has 0 bridgehead atoms. The van der Waals surface area contributed by atoms with Crippen LogP contribution in [-0.2, 0) is 11.3 Å². The predicted octanol–water partition coefficient (Wildman–Crippen LogP) is 2.84. The molecule has 5 nitrogen and oxygen atoms in total. The quantitative estimate of drug-likeness (QED) is 0.572. The molecule has 0 radical (unpaired) electrons. The highest BCUT2D eigenvalue weighted by atomic mass is 19.1. The first-order valence-corrected chi connectivity index (χ1v) is 9.52. The number of hydrogen-bond donors (Lipinski definition) is 2. The summed E-state index contributed by atoms with van der Waals surface area (Å²) in [5.74, 6) is -0.821. The summed E-state index contributed by atoms with van der Waals surface area (Å²) in [4.78, 5) is 6.37. The second kappa shape index (κ2) is 10.3. The zero-order valence-corrected chi connectivity index (χ0v) is 16.3. The number of benzene rings is 2. The number of nitrogens with zero attached hydrogens (tertiary/aromatic N) is 2. The maximum Gasteiger partial charge on any atom is 0.191 e. The van der Waals surface area contributed by atoms with Gasteiger partial charge in [-0.3, -0.25) is 9.89 Å². The van der Waals surface area contributed by atoms with Crippen molar-refractivity contribution in [3.8, 4) is 0 Å². The van der Waals surface area contributed by atoms with Gasteiger partial charge in [0.25, 0.3) is 0 Å². The summed E-state index contributed by atoms with van der Waals surface area (Å²) in [5, 5.41) is 6.20. The minimum Gasteiger partial charge on any atom is -0.379 e. The Morgan fingerprint density at radius 2 is 1.83 bits per heavy atom. The van der Waals surface area contributed by atoms with Crippen LogP contribution in [0.4, 0.5) is 13.2 Å². The number of guanidine groups is 1. The van der Waals surface area contributed by atoms with Crippen LogP contribution in [0.15, 0.2) is 47.5 Å². The lowest BCUT2D eigenvalue weighted by molar-refractivity contribution is 0.0169. The lowest BCUT2D eigenvalue weighted by Crippen LogP contribution is -2.46. The Bertz CT molecular complexity index is 840. The van der Waals surface area contributed by atoms with E-state index >= 15 is 0 Å². The number of halogens is 3. The molecule has 1 unspecified atom stereocenters. The fourth-order valence-electron chi connectivity index (χ4n) is 3.33. The first kappa shape index (κ1) is 21.1. The van der Waals surface area contributed by atoms with Gasteiger partial charge in [-0.05, 0) is 35.9 Å². The zero-order valence-electron chi connectivity index (χ0n) is 16.3. The van der Waals surface area contributed by atoms with Crippen molar-refractivity contribution in [2.45, 2.75) is 12.6 Å². The minimum atomic E-state index is -0.496. The minimum absolute atomic E-state index is 0.0842. The maximum absolute atomic E-state index is 13.8. The van der Waals surface area contributed by atoms with Crippen molar-refractivity contribution in [1.82, 2.24) is 15.5 Å². The third-order valence-corrected chi connectivity index (χ3v) is 4.86. The van der Waals surface area contributed by atoms with E-state index in [4.69, 9.17) is 4.74 Å². The number of morpholine rings is 1. The molecule has 0 saturated carbocycles. The highest BCUT2D eigenvalue weighted by Crippen LogP contribution is 2.22. The third kappa shape index (κ3) is 5.95. The second-order valence-electron chi connectivity index (χ2n) is 6.76. The molecule has 1 aliphatic rings. The van der Waals surface area contributed by atoms with Gasteiger partial charge in [0.1, 0.15) is 17.5 Å². The smallest absolute Gasteiger partial charge is 0.191 e. The molecule has 1 atom stereocenters. The monoisotopic (exact) mass is 406 g/mol. The Balaban J connectivity index is 1.66. The molecule has 156 valence electrons. The fraction of sp³-hybridized carbons (Fsp3) is 0.381. The average molecular weight is 406 g/mol. The van der Waals surface area contributed by atoms with Gasteiger partial charge in [0.2, 0.25) is 0 Å². The lowest BCUT2D eigenvalue weighted by atomic mass is 10.0. The summed E-state index contributed by atoms with van der Waals surface area (Å²) in [6, 6.07) is 9.78. The molecular formula is C21H25F3N4O. The molecule has 2 aromatic carbocycles. The number of aliphatic imine (C=N–C) groups is 1. The molecule has 1 aliphatic heterocycles. The van der Waals surface area contributed by atoms with E-state index in [1.165, 1.54) is 12.1 Å². The van der Waals surface area contributed by atoms with E-state index in [1.807, 2.05) is 6.07 Å². The molecule has 1 saturated heterocycles. The Morgan fingerprint density at radius 3 is 2.55 bits per heavy atom. The fourth-order valence-corrected chi connectivity index (χ4v) is 3.33. The van der Waals surface area contributed by atoms with Gasteiger partial charge in [-0.1, -0.05) is 12.1 Å². The largest absolute Gasteiger partial charge is 0.379 e. The highest BCUT2D eigenvalue weighted by molar-refractivity contribution is 5.79. The molecule has 8 heteroatoms. The molecule has 3 rings (SSSR count). The van der Waals surface area contributed by atoms with Gasteiger partial charge in [0, 0.05) is 38.8 Å². The second-order valence-corrected chi connectivity index (χ2v) is 6.76. The number of nitrogens with one attached hydrogen (secondary N) is 2. The van der Waals surface area contributed by atoms with Crippen molar-refractivity contribution in [2.24, 2.45) is 4.99 Å². The molecular weight excluding hydrogens is 381 g/mol. The number of rotatable bonds is 6. The molecule has 1 heterocycles. The summed E-state index contributed by atoms with van der Waals surface area (Å²) >= 11 is 0. The standard InChI is InChI=1S/C21H25F3N4O/c1-25-21(26-13-16-12-18(23)5-6-19(16)24)27-14-20(28-7-9-29-10-8-28)15-3-2-4-17(22)11-15/h2-6,11-12,20H,7-10,13-14H2,1H3,(H2,25,26,27). The van der Waals surface area contributed by atoms with Crippen LogP contribution in [0.5, 0.6) is 0 Å². The van der Waals surface area contributed by atoms with E-state index in [0.29, 0.717) is 25.7 Å². The summed E-state index contributed by atoms with van der Waals surface area (Å²) in [5.41, 5.74) is 1.06. The third-order valence-electron chi connectivity index (χ3n) is 4.86. The normalized spacial score (nSPS) is 16.5. The highest BCUT2D eigenvalue weighted by Gasteiger charge is 2.23. The molecule has 0 aromatic heterocycles. The van der Waals surface area contributed by atoms with Gasteiger partial charge in [0.05, 0.1) is 19.3 Å². The van der Waals surface area contributed by atoms with E-state index in [9.17, 15) is 13.2 Å². The van der Waals surface area contributed by atoms with E-state index < -0.39 is 11.6 Å². The van der Waals surface area contributed by atoms with Crippen molar-refractivity contribution in [2.75, 3.05) is 39.9 Å². The summed E-state index contributed by atoms with van der Waals surface area (Å²) in [6.45, 7) is 3.28. The molecule has 0 amide bonds. The molecule has 0 aliphatic carbocycles. The molecule has 2 N–H and O–H groups in total. The first-order chi connectivity index (χ1) is 14.1. The van der Waals surface area contributed by atoms with Crippen molar-refractivity contribution in [3.05, 3.63) is 71.0 Å². The van der Waals surface area contributed by atoms with Crippen molar-refractivity contribution < 1.29 is 17.9 Å². The van der Waals surface area contributed by atoms with Gasteiger partial charge >= 0.3 is 0 Å². The van der Waals surface area contributed by atoms with Crippen LogP contribution in [0.1, 0.15) is 17.2 Å². The van der Waals surface area contributed by atoms with E-state index in [-0.39, 0.29) is 24.0 Å². The van der Waals surface area contributed by atoms with Crippen molar-refractivity contribution >= 4 is 5.96 Å². The van der Waals surface area contributed by atoms with Gasteiger partial charge in [-0.2, -0.15) is 0 Å². The van der Waals surface area contributed by atoms with Crippen LogP contribution in [0.2, 0.25) is 0 Å². The topological polar surface area (TPSA) is 48.9 Å². The molecule has 2 aromatic rings.